The minimum Gasteiger partial charge on any atom is -0.403 e. The maximum Gasteiger partial charge on any atom is 0.322 e. The van der Waals surface area contributed by atoms with Crippen LogP contribution in [0.15, 0.2) is 43.7 Å². The molecule has 0 spiro atoms. The number of anilines is 1. The van der Waals surface area contributed by atoms with Crippen LogP contribution in [0, 0.1) is 6.92 Å². The molecule has 0 fully saturated rings. The van der Waals surface area contributed by atoms with E-state index in [2.05, 4.69) is 36.6 Å². The van der Waals surface area contributed by atoms with Gasteiger partial charge in [0.15, 0.2) is 5.69 Å². The quantitative estimate of drug-likeness (QED) is 0.781. The van der Waals surface area contributed by atoms with Gasteiger partial charge in [-0.3, -0.25) is 10.1 Å². The summed E-state index contributed by atoms with van der Waals surface area (Å²) in [5.41, 5.74) is 0.893. The molecule has 0 atom stereocenters. The Kier molecular flexibility index (Phi) is 3.53. The number of aryl methyl sites for hydroxylation is 1. The molecule has 1 amide bonds. The van der Waals surface area contributed by atoms with Gasteiger partial charge < -0.3 is 8.94 Å². The fourth-order valence-electron chi connectivity index (χ4n) is 1.65. The molecule has 0 bridgehead atoms. The van der Waals surface area contributed by atoms with Gasteiger partial charge in [-0.15, -0.1) is 5.10 Å². The zero-order chi connectivity index (χ0) is 14.8. The molecule has 0 aliphatic heterocycles. The van der Waals surface area contributed by atoms with Crippen molar-refractivity contribution >= 4 is 27.9 Å². The van der Waals surface area contributed by atoms with Crippen molar-refractivity contribution in [2.75, 3.05) is 5.32 Å². The number of benzene rings is 1. The standard InChI is InChI=1S/C13H9BrN4O3/c1-7-5-10(18-21-7)11(19)15-13-17-16-12(20-13)8-3-2-4-9(14)6-8/h2-6H,1H3,(H,15,17,19). The van der Waals surface area contributed by atoms with Crippen molar-refractivity contribution in [2.24, 2.45) is 0 Å². The fourth-order valence-corrected chi connectivity index (χ4v) is 2.05. The summed E-state index contributed by atoms with van der Waals surface area (Å²) >= 11 is 3.36. The SMILES string of the molecule is Cc1cc(C(=O)Nc2nnc(-c3cccc(Br)c3)o2)no1. The highest BCUT2D eigenvalue weighted by Gasteiger charge is 2.15. The maximum absolute atomic E-state index is 11.9. The predicted octanol–water partition coefficient (Wildman–Crippen LogP) is 3.05. The van der Waals surface area contributed by atoms with Gasteiger partial charge in [0.1, 0.15) is 5.76 Å². The molecule has 106 valence electrons. The lowest BCUT2D eigenvalue weighted by molar-refractivity contribution is 0.101. The Bertz CT molecular complexity index is 796. The molecule has 1 aromatic carbocycles. The second-order valence-corrected chi connectivity index (χ2v) is 5.12. The van der Waals surface area contributed by atoms with E-state index in [9.17, 15) is 4.79 Å². The number of nitrogens with zero attached hydrogens (tertiary/aromatic N) is 3. The van der Waals surface area contributed by atoms with E-state index in [1.165, 1.54) is 6.07 Å². The Morgan fingerprint density at radius 1 is 1.29 bits per heavy atom. The minimum atomic E-state index is -0.476. The van der Waals surface area contributed by atoms with E-state index in [-0.39, 0.29) is 11.7 Å². The number of halogens is 1. The lowest BCUT2D eigenvalue weighted by Gasteiger charge is -1.96. The van der Waals surface area contributed by atoms with Gasteiger partial charge in [0.05, 0.1) is 0 Å². The monoisotopic (exact) mass is 348 g/mol. The molecule has 8 heteroatoms. The maximum atomic E-state index is 11.9. The molecule has 0 unspecified atom stereocenters. The number of nitrogens with one attached hydrogen (secondary N) is 1. The summed E-state index contributed by atoms with van der Waals surface area (Å²) in [6.45, 7) is 1.70. The average Bonchev–Trinajstić information content (AvgIpc) is 3.08. The fraction of sp³-hybridized carbons (Fsp3) is 0.0769. The summed E-state index contributed by atoms with van der Waals surface area (Å²) in [6.07, 6.45) is 0. The van der Waals surface area contributed by atoms with E-state index in [4.69, 9.17) is 8.94 Å². The molecule has 7 nitrogen and oxygen atoms in total. The van der Waals surface area contributed by atoms with E-state index < -0.39 is 5.91 Å². The van der Waals surface area contributed by atoms with Crippen LogP contribution in [0.4, 0.5) is 6.01 Å². The highest BCUT2D eigenvalue weighted by molar-refractivity contribution is 9.10. The number of carbonyl (C=O) groups is 1. The summed E-state index contributed by atoms with van der Waals surface area (Å²) in [4.78, 5) is 11.9. The number of rotatable bonds is 3. The molecule has 0 aliphatic carbocycles. The van der Waals surface area contributed by atoms with Crippen LogP contribution in [0.3, 0.4) is 0 Å². The normalized spacial score (nSPS) is 10.6. The van der Waals surface area contributed by atoms with Gasteiger partial charge in [0.2, 0.25) is 5.89 Å². The van der Waals surface area contributed by atoms with Gasteiger partial charge in [-0.05, 0) is 25.1 Å². The first-order chi connectivity index (χ1) is 10.1. The smallest absolute Gasteiger partial charge is 0.322 e. The van der Waals surface area contributed by atoms with Crippen molar-refractivity contribution in [2.45, 2.75) is 6.92 Å². The first-order valence-electron chi connectivity index (χ1n) is 5.96. The number of carbonyl (C=O) groups excluding carboxylic acids is 1. The van der Waals surface area contributed by atoms with Crippen molar-refractivity contribution in [3.63, 3.8) is 0 Å². The summed E-state index contributed by atoms with van der Waals surface area (Å²) in [7, 11) is 0. The van der Waals surface area contributed by atoms with Crippen LogP contribution in [0.2, 0.25) is 0 Å². The molecular weight excluding hydrogens is 340 g/mol. The molecular formula is C13H9BrN4O3. The van der Waals surface area contributed by atoms with Crippen LogP contribution in [0.5, 0.6) is 0 Å². The van der Waals surface area contributed by atoms with Gasteiger partial charge in [0, 0.05) is 16.1 Å². The molecule has 3 rings (SSSR count). The lowest BCUT2D eigenvalue weighted by Crippen LogP contribution is -2.12. The first kappa shape index (κ1) is 13.5. The average molecular weight is 349 g/mol. The summed E-state index contributed by atoms with van der Waals surface area (Å²) in [6, 6.07) is 8.90. The highest BCUT2D eigenvalue weighted by Crippen LogP contribution is 2.23. The zero-order valence-corrected chi connectivity index (χ0v) is 12.4. The van der Waals surface area contributed by atoms with Crippen molar-refractivity contribution in [1.29, 1.82) is 0 Å². The van der Waals surface area contributed by atoms with Crippen molar-refractivity contribution in [1.82, 2.24) is 15.4 Å². The van der Waals surface area contributed by atoms with Crippen LogP contribution in [0.1, 0.15) is 16.2 Å². The molecule has 2 heterocycles. The third kappa shape index (κ3) is 3.00. The molecule has 2 aromatic heterocycles. The Hall–Kier alpha value is -2.48. The van der Waals surface area contributed by atoms with Crippen molar-refractivity contribution in [3.8, 4) is 11.5 Å². The number of hydrogen-bond acceptors (Lipinski definition) is 6. The van der Waals surface area contributed by atoms with Crippen LogP contribution < -0.4 is 5.32 Å². The molecule has 0 saturated carbocycles. The van der Waals surface area contributed by atoms with Crippen molar-refractivity contribution < 1.29 is 13.7 Å². The van der Waals surface area contributed by atoms with E-state index in [1.54, 1.807) is 6.92 Å². The third-order valence-electron chi connectivity index (χ3n) is 2.58. The zero-order valence-electron chi connectivity index (χ0n) is 10.8. The van der Waals surface area contributed by atoms with Gasteiger partial charge in [-0.2, -0.15) is 0 Å². The second-order valence-electron chi connectivity index (χ2n) is 4.20. The van der Waals surface area contributed by atoms with E-state index in [0.717, 1.165) is 10.0 Å². The van der Waals surface area contributed by atoms with E-state index >= 15 is 0 Å². The third-order valence-corrected chi connectivity index (χ3v) is 3.07. The summed E-state index contributed by atoms with van der Waals surface area (Å²) in [5.74, 6) is 0.375. The Balaban J connectivity index is 1.78. The van der Waals surface area contributed by atoms with Gasteiger partial charge in [-0.1, -0.05) is 32.3 Å². The lowest BCUT2D eigenvalue weighted by atomic mass is 10.2. The van der Waals surface area contributed by atoms with E-state index in [0.29, 0.717) is 11.7 Å². The second kappa shape index (κ2) is 5.49. The van der Waals surface area contributed by atoms with Crippen molar-refractivity contribution in [3.05, 3.63) is 46.3 Å². The molecule has 3 aromatic rings. The summed E-state index contributed by atoms with van der Waals surface area (Å²) < 4.78 is 11.1. The molecule has 0 aliphatic rings. The summed E-state index contributed by atoms with van der Waals surface area (Å²) in [5, 5.41) is 13.7. The number of hydrogen-bond donors (Lipinski definition) is 1. The van der Waals surface area contributed by atoms with Gasteiger partial charge in [0.25, 0.3) is 5.91 Å². The van der Waals surface area contributed by atoms with Crippen LogP contribution in [0.25, 0.3) is 11.5 Å². The molecule has 1 N–H and O–H groups in total. The molecule has 0 saturated heterocycles. The number of amides is 1. The van der Waals surface area contributed by atoms with E-state index in [1.807, 2.05) is 24.3 Å². The predicted molar refractivity (Wildman–Crippen MR) is 76.6 cm³/mol. The Labute approximate surface area is 127 Å². The highest BCUT2D eigenvalue weighted by atomic mass is 79.9. The molecule has 0 radical (unpaired) electrons. The first-order valence-corrected chi connectivity index (χ1v) is 6.75. The topological polar surface area (TPSA) is 94.1 Å². The minimum absolute atomic E-state index is 0.00405. The van der Waals surface area contributed by atoms with Gasteiger partial charge in [-0.25, -0.2) is 0 Å². The largest absolute Gasteiger partial charge is 0.403 e. The van der Waals surface area contributed by atoms with Crippen LogP contribution >= 0.6 is 15.9 Å². The molecule has 21 heavy (non-hydrogen) atoms. The number of aromatic nitrogens is 3. The van der Waals surface area contributed by atoms with Crippen LogP contribution in [-0.4, -0.2) is 21.3 Å². The van der Waals surface area contributed by atoms with Crippen LogP contribution in [-0.2, 0) is 0 Å². The van der Waals surface area contributed by atoms with Gasteiger partial charge >= 0.3 is 6.01 Å². The Morgan fingerprint density at radius 3 is 2.86 bits per heavy atom. The Morgan fingerprint density at radius 2 is 2.14 bits per heavy atom.